The fourth-order valence-electron chi connectivity index (χ4n) is 1.34. The minimum Gasteiger partial charge on any atom is -0.397 e. The van der Waals surface area contributed by atoms with E-state index in [0.29, 0.717) is 0 Å². The summed E-state index contributed by atoms with van der Waals surface area (Å²) in [7, 11) is 0. The summed E-state index contributed by atoms with van der Waals surface area (Å²) < 4.78 is 6.39. The average molecular weight is 287 g/mol. The Bertz CT molecular complexity index is 318. The average Bonchev–Trinajstić information content (AvgIpc) is 2.26. The minimum atomic E-state index is 0.767. The Balaban J connectivity index is 2.21. The largest absolute Gasteiger partial charge is 0.397 e. The van der Waals surface area contributed by atoms with Crippen LogP contribution in [0, 0.1) is 0 Å². The molecule has 0 aliphatic carbocycles. The van der Waals surface area contributed by atoms with Gasteiger partial charge in [-0.15, -0.1) is 0 Å². The van der Waals surface area contributed by atoms with Crippen molar-refractivity contribution in [2.24, 2.45) is 0 Å². The molecule has 0 aliphatic heterocycles. The second-order valence-corrected chi connectivity index (χ2v) is 4.54. The van der Waals surface area contributed by atoms with Crippen LogP contribution >= 0.6 is 15.9 Å². The standard InChI is InChI=1S/C12H19BrN2O/c1-2-7-16-8-3-6-15-12-5-4-10(13)9-11(12)14/h4-5,9,15H,2-3,6-8,14H2,1H3. The first kappa shape index (κ1) is 13.3. The second kappa shape index (κ2) is 7.52. The first-order chi connectivity index (χ1) is 7.74. The number of anilines is 2. The van der Waals surface area contributed by atoms with Crippen molar-refractivity contribution < 1.29 is 4.74 Å². The van der Waals surface area contributed by atoms with Crippen LogP contribution in [-0.2, 0) is 4.74 Å². The Labute approximate surface area is 105 Å². The zero-order chi connectivity index (χ0) is 11.8. The number of benzene rings is 1. The lowest BCUT2D eigenvalue weighted by atomic mass is 10.2. The number of rotatable bonds is 7. The Morgan fingerprint density at radius 1 is 1.38 bits per heavy atom. The van der Waals surface area contributed by atoms with E-state index >= 15 is 0 Å². The van der Waals surface area contributed by atoms with Crippen LogP contribution in [0.2, 0.25) is 0 Å². The highest BCUT2D eigenvalue weighted by Gasteiger charge is 1.98. The maximum atomic E-state index is 5.86. The van der Waals surface area contributed by atoms with Gasteiger partial charge in [-0.25, -0.2) is 0 Å². The fourth-order valence-corrected chi connectivity index (χ4v) is 1.72. The van der Waals surface area contributed by atoms with Gasteiger partial charge in [0.05, 0.1) is 11.4 Å². The summed E-state index contributed by atoms with van der Waals surface area (Å²) >= 11 is 3.38. The van der Waals surface area contributed by atoms with Crippen molar-refractivity contribution in [1.29, 1.82) is 0 Å². The van der Waals surface area contributed by atoms with E-state index in [1.54, 1.807) is 0 Å². The van der Waals surface area contributed by atoms with Crippen LogP contribution in [0.5, 0.6) is 0 Å². The quantitative estimate of drug-likeness (QED) is 0.597. The maximum absolute atomic E-state index is 5.86. The van der Waals surface area contributed by atoms with E-state index in [9.17, 15) is 0 Å². The van der Waals surface area contributed by atoms with E-state index in [2.05, 4.69) is 28.2 Å². The Morgan fingerprint density at radius 2 is 2.19 bits per heavy atom. The van der Waals surface area contributed by atoms with Crippen molar-refractivity contribution in [2.45, 2.75) is 19.8 Å². The summed E-state index contributed by atoms with van der Waals surface area (Å²) in [6, 6.07) is 5.86. The van der Waals surface area contributed by atoms with Crippen LogP contribution in [0.3, 0.4) is 0 Å². The van der Waals surface area contributed by atoms with Gasteiger partial charge in [0, 0.05) is 24.2 Å². The number of hydrogen-bond acceptors (Lipinski definition) is 3. The molecule has 0 spiro atoms. The first-order valence-corrected chi connectivity index (χ1v) is 6.40. The van der Waals surface area contributed by atoms with Gasteiger partial charge >= 0.3 is 0 Å². The van der Waals surface area contributed by atoms with E-state index in [4.69, 9.17) is 10.5 Å². The van der Waals surface area contributed by atoms with Gasteiger partial charge in [-0.05, 0) is 31.0 Å². The van der Waals surface area contributed by atoms with Gasteiger partial charge in [0.25, 0.3) is 0 Å². The molecule has 1 aromatic rings. The van der Waals surface area contributed by atoms with Crippen molar-refractivity contribution in [3.8, 4) is 0 Å². The van der Waals surface area contributed by atoms with Crippen molar-refractivity contribution >= 4 is 27.3 Å². The third-order valence-corrected chi connectivity index (χ3v) is 2.64. The molecule has 0 aromatic heterocycles. The van der Waals surface area contributed by atoms with Gasteiger partial charge in [-0.1, -0.05) is 22.9 Å². The molecule has 0 bridgehead atoms. The predicted octanol–water partition coefficient (Wildman–Crippen LogP) is 3.26. The van der Waals surface area contributed by atoms with Gasteiger partial charge in [-0.2, -0.15) is 0 Å². The molecule has 0 atom stereocenters. The van der Waals surface area contributed by atoms with Crippen LogP contribution in [0.4, 0.5) is 11.4 Å². The molecular formula is C12H19BrN2O. The molecule has 4 heteroatoms. The highest BCUT2D eigenvalue weighted by atomic mass is 79.9. The number of nitrogens with one attached hydrogen (secondary N) is 1. The highest BCUT2D eigenvalue weighted by molar-refractivity contribution is 9.10. The van der Waals surface area contributed by atoms with Gasteiger partial charge in [0.15, 0.2) is 0 Å². The summed E-state index contributed by atoms with van der Waals surface area (Å²) in [5.74, 6) is 0. The fraction of sp³-hybridized carbons (Fsp3) is 0.500. The number of ether oxygens (including phenoxy) is 1. The lowest BCUT2D eigenvalue weighted by molar-refractivity contribution is 0.134. The zero-order valence-corrected chi connectivity index (χ0v) is 11.2. The molecule has 0 fully saturated rings. The van der Waals surface area contributed by atoms with Gasteiger partial charge in [-0.3, -0.25) is 0 Å². The van der Waals surface area contributed by atoms with Crippen molar-refractivity contribution in [3.05, 3.63) is 22.7 Å². The van der Waals surface area contributed by atoms with Crippen molar-refractivity contribution in [1.82, 2.24) is 0 Å². The third kappa shape index (κ3) is 4.86. The van der Waals surface area contributed by atoms with E-state index in [1.807, 2.05) is 18.2 Å². The number of nitrogen functional groups attached to an aromatic ring is 1. The van der Waals surface area contributed by atoms with Crippen LogP contribution in [-0.4, -0.2) is 19.8 Å². The van der Waals surface area contributed by atoms with Crippen LogP contribution < -0.4 is 11.1 Å². The second-order valence-electron chi connectivity index (χ2n) is 3.62. The summed E-state index contributed by atoms with van der Waals surface area (Å²) in [5, 5.41) is 3.29. The molecular weight excluding hydrogens is 268 g/mol. The molecule has 1 rings (SSSR count). The van der Waals surface area contributed by atoms with Crippen LogP contribution in [0.1, 0.15) is 19.8 Å². The Morgan fingerprint density at radius 3 is 2.88 bits per heavy atom. The lowest BCUT2D eigenvalue weighted by Crippen LogP contribution is -2.07. The summed E-state index contributed by atoms with van der Waals surface area (Å²) in [5.41, 5.74) is 7.61. The molecule has 0 heterocycles. The third-order valence-electron chi connectivity index (χ3n) is 2.14. The molecule has 0 amide bonds. The Hall–Kier alpha value is -0.740. The number of nitrogens with two attached hydrogens (primary N) is 1. The van der Waals surface area contributed by atoms with Crippen molar-refractivity contribution in [3.63, 3.8) is 0 Å². The summed E-state index contributed by atoms with van der Waals surface area (Å²) in [6.07, 6.45) is 2.07. The monoisotopic (exact) mass is 286 g/mol. The highest BCUT2D eigenvalue weighted by Crippen LogP contribution is 2.22. The van der Waals surface area contributed by atoms with Gasteiger partial charge in [0.1, 0.15) is 0 Å². The normalized spacial score (nSPS) is 10.4. The van der Waals surface area contributed by atoms with Crippen molar-refractivity contribution in [2.75, 3.05) is 30.8 Å². The molecule has 0 radical (unpaired) electrons. The van der Waals surface area contributed by atoms with Crippen LogP contribution in [0.15, 0.2) is 22.7 Å². The number of halogens is 1. The molecule has 3 N–H and O–H groups in total. The molecule has 0 saturated carbocycles. The van der Waals surface area contributed by atoms with Gasteiger partial charge < -0.3 is 15.8 Å². The van der Waals surface area contributed by atoms with E-state index in [1.165, 1.54) is 0 Å². The molecule has 0 aliphatic rings. The van der Waals surface area contributed by atoms with Gasteiger partial charge in [0.2, 0.25) is 0 Å². The predicted molar refractivity (Wildman–Crippen MR) is 72.8 cm³/mol. The Kier molecular flexibility index (Phi) is 6.26. The minimum absolute atomic E-state index is 0.767. The first-order valence-electron chi connectivity index (χ1n) is 5.60. The maximum Gasteiger partial charge on any atom is 0.0574 e. The summed E-state index contributed by atoms with van der Waals surface area (Å²) in [4.78, 5) is 0. The SMILES string of the molecule is CCCOCCCNc1ccc(Br)cc1N. The number of hydrogen-bond donors (Lipinski definition) is 2. The molecule has 3 nitrogen and oxygen atoms in total. The molecule has 1 aromatic carbocycles. The zero-order valence-electron chi connectivity index (χ0n) is 9.63. The smallest absolute Gasteiger partial charge is 0.0574 e. The summed E-state index contributed by atoms with van der Waals surface area (Å²) in [6.45, 7) is 4.65. The van der Waals surface area contributed by atoms with E-state index in [-0.39, 0.29) is 0 Å². The molecule has 16 heavy (non-hydrogen) atoms. The lowest BCUT2D eigenvalue weighted by Gasteiger charge is -2.09. The van der Waals surface area contributed by atoms with Crippen LogP contribution in [0.25, 0.3) is 0 Å². The molecule has 0 saturated heterocycles. The molecule has 90 valence electrons. The van der Waals surface area contributed by atoms with E-state index in [0.717, 1.165) is 48.4 Å². The topological polar surface area (TPSA) is 47.3 Å². The van der Waals surface area contributed by atoms with E-state index < -0.39 is 0 Å². The molecule has 0 unspecified atom stereocenters.